The Hall–Kier alpha value is 0.467. The Bertz CT molecular complexity index is 143. The van der Waals surface area contributed by atoms with E-state index in [0.29, 0.717) is 12.0 Å². The molecule has 0 saturated heterocycles. The van der Waals surface area contributed by atoms with Crippen LogP contribution in [0.1, 0.15) is 27.7 Å². The van der Waals surface area contributed by atoms with Crippen LogP contribution in [-0.2, 0) is 4.43 Å². The molecule has 0 radical (unpaired) electrons. The molecule has 0 aromatic rings. The van der Waals surface area contributed by atoms with Crippen molar-refractivity contribution < 1.29 is 4.43 Å². The summed E-state index contributed by atoms with van der Waals surface area (Å²) in [7, 11) is -1.63. The third-order valence-corrected chi connectivity index (χ3v) is 8.25. The molecule has 0 atom stereocenters. The Kier molecular flexibility index (Phi) is 4.28. The first-order valence-electron chi connectivity index (χ1n) is 4.45. The molecule has 0 saturated carbocycles. The average molecular weight is 209 g/mol. The zero-order chi connectivity index (χ0) is 9.99. The molecule has 0 aliphatic carbocycles. The minimum atomic E-state index is -1.63. The van der Waals surface area contributed by atoms with Crippen LogP contribution in [0.15, 0.2) is 0 Å². The minimum Gasteiger partial charge on any atom is -0.403 e. The maximum absolute atomic E-state index is 5.66. The monoisotopic (exact) mass is 208 g/mol. The third kappa shape index (κ3) is 2.48. The Morgan fingerprint density at radius 2 is 1.75 bits per heavy atom. The highest BCUT2D eigenvalue weighted by Crippen LogP contribution is 2.44. The third-order valence-electron chi connectivity index (χ3n) is 3.41. The van der Waals surface area contributed by atoms with Gasteiger partial charge in [0.1, 0.15) is 6.07 Å². The van der Waals surface area contributed by atoms with Crippen LogP contribution in [0, 0.1) is 5.92 Å². The number of hydrogen-bond donors (Lipinski definition) is 0. The first-order valence-corrected chi connectivity index (χ1v) is 7.90. The summed E-state index contributed by atoms with van der Waals surface area (Å²) in [5, 5.41) is 0.280. The lowest BCUT2D eigenvalue weighted by Gasteiger charge is -2.41. The summed E-state index contributed by atoms with van der Waals surface area (Å²) in [6.45, 7) is 13.5. The molecule has 12 heavy (non-hydrogen) atoms. The molecule has 0 rings (SSSR count). The summed E-state index contributed by atoms with van der Waals surface area (Å²) in [6, 6.07) is 0.329. The summed E-state index contributed by atoms with van der Waals surface area (Å²) in [6.07, 6.45) is 0. The van der Waals surface area contributed by atoms with Crippen molar-refractivity contribution in [3.63, 3.8) is 0 Å². The molecule has 1 nitrogen and oxygen atoms in total. The van der Waals surface area contributed by atoms with Crippen molar-refractivity contribution in [3.8, 4) is 0 Å². The number of halogens is 1. The van der Waals surface area contributed by atoms with Crippen molar-refractivity contribution in [1.29, 1.82) is 0 Å². The Balaban J connectivity index is 4.50. The number of rotatable bonds is 4. The first kappa shape index (κ1) is 12.5. The molecule has 0 aromatic carbocycles. The highest BCUT2D eigenvalue weighted by atomic mass is 35.5. The molecule has 74 valence electrons. The van der Waals surface area contributed by atoms with Gasteiger partial charge in [-0.3, -0.25) is 0 Å². The van der Waals surface area contributed by atoms with Crippen LogP contribution in [0.2, 0.25) is 18.1 Å². The van der Waals surface area contributed by atoms with E-state index in [9.17, 15) is 0 Å². The van der Waals surface area contributed by atoms with Crippen molar-refractivity contribution >= 4 is 19.9 Å². The second-order valence-corrected chi connectivity index (χ2v) is 9.46. The van der Waals surface area contributed by atoms with E-state index < -0.39 is 8.32 Å². The summed E-state index contributed by atoms with van der Waals surface area (Å²) in [5.74, 6) is 0.641. The van der Waals surface area contributed by atoms with Crippen LogP contribution in [-0.4, -0.2) is 14.4 Å². The van der Waals surface area contributed by atoms with Gasteiger partial charge in [0.05, 0.1) is 0 Å². The molecule has 0 unspecified atom stereocenters. The molecule has 3 heteroatoms. The standard InChI is InChI=1S/C9H21ClOSi/c1-8(2)9(3,4)12(5,6)11-7-10/h8H,7H2,1-6H3. The fraction of sp³-hybridized carbons (Fsp3) is 1.00. The average Bonchev–Trinajstić information content (AvgIpc) is 1.86. The predicted molar refractivity (Wildman–Crippen MR) is 58.2 cm³/mol. The SMILES string of the molecule is CC(C)C(C)(C)[Si](C)(C)OCCl. The molecule has 0 spiro atoms. The van der Waals surface area contributed by atoms with Gasteiger partial charge in [0.15, 0.2) is 8.32 Å². The first-order chi connectivity index (χ1) is 5.25. The lowest BCUT2D eigenvalue weighted by Crippen LogP contribution is -2.44. The van der Waals surface area contributed by atoms with E-state index in [4.69, 9.17) is 16.0 Å². The molecule has 0 aromatic heterocycles. The quantitative estimate of drug-likeness (QED) is 0.504. The summed E-state index contributed by atoms with van der Waals surface area (Å²) in [5.41, 5.74) is 0. The Labute approximate surface area is 82.6 Å². The fourth-order valence-corrected chi connectivity index (χ4v) is 3.87. The van der Waals surface area contributed by atoms with Crippen molar-refractivity contribution in [2.45, 2.75) is 45.8 Å². The lowest BCUT2D eigenvalue weighted by molar-refractivity contribution is 0.314. The van der Waals surface area contributed by atoms with Crippen molar-refractivity contribution in [1.82, 2.24) is 0 Å². The number of alkyl halides is 1. The fourth-order valence-electron chi connectivity index (χ4n) is 1.02. The summed E-state index contributed by atoms with van der Waals surface area (Å²) in [4.78, 5) is 0. The molecule has 0 amide bonds. The molecule has 0 heterocycles. The van der Waals surface area contributed by atoms with Gasteiger partial charge in [0, 0.05) is 0 Å². The highest BCUT2D eigenvalue weighted by Gasteiger charge is 2.42. The van der Waals surface area contributed by atoms with Gasteiger partial charge in [-0.05, 0) is 24.1 Å². The van der Waals surface area contributed by atoms with E-state index in [1.165, 1.54) is 0 Å². The van der Waals surface area contributed by atoms with Gasteiger partial charge in [0.2, 0.25) is 0 Å². The van der Waals surface area contributed by atoms with Crippen LogP contribution in [0.3, 0.4) is 0 Å². The van der Waals surface area contributed by atoms with E-state index in [2.05, 4.69) is 40.8 Å². The zero-order valence-corrected chi connectivity index (χ0v) is 10.8. The van der Waals surface area contributed by atoms with Gasteiger partial charge in [0.25, 0.3) is 0 Å². The second kappa shape index (κ2) is 4.12. The van der Waals surface area contributed by atoms with E-state index in [1.54, 1.807) is 0 Å². The van der Waals surface area contributed by atoms with E-state index >= 15 is 0 Å². The smallest absolute Gasteiger partial charge is 0.194 e. The molecule has 0 aliphatic heterocycles. The minimum absolute atomic E-state index is 0.280. The van der Waals surface area contributed by atoms with Gasteiger partial charge in [-0.1, -0.05) is 39.3 Å². The predicted octanol–water partition coefficient (Wildman–Crippen LogP) is 3.84. The van der Waals surface area contributed by atoms with Crippen molar-refractivity contribution in [2.24, 2.45) is 5.92 Å². The van der Waals surface area contributed by atoms with Gasteiger partial charge < -0.3 is 4.43 Å². The normalized spacial score (nSPS) is 14.0. The maximum Gasteiger partial charge on any atom is 0.194 e. The van der Waals surface area contributed by atoms with Crippen LogP contribution >= 0.6 is 11.6 Å². The van der Waals surface area contributed by atoms with E-state index in [0.717, 1.165) is 0 Å². The Morgan fingerprint density at radius 1 is 1.33 bits per heavy atom. The molecular weight excluding hydrogens is 188 g/mol. The van der Waals surface area contributed by atoms with Crippen LogP contribution in [0.5, 0.6) is 0 Å². The zero-order valence-electron chi connectivity index (χ0n) is 9.07. The van der Waals surface area contributed by atoms with Crippen LogP contribution in [0.4, 0.5) is 0 Å². The van der Waals surface area contributed by atoms with Crippen LogP contribution < -0.4 is 0 Å². The topological polar surface area (TPSA) is 9.23 Å². The van der Waals surface area contributed by atoms with Gasteiger partial charge in [-0.2, -0.15) is 0 Å². The van der Waals surface area contributed by atoms with Crippen LogP contribution in [0.25, 0.3) is 0 Å². The molecular formula is C9H21ClOSi. The van der Waals surface area contributed by atoms with Gasteiger partial charge >= 0.3 is 0 Å². The Morgan fingerprint density at radius 3 is 2.00 bits per heavy atom. The summed E-state index contributed by atoms with van der Waals surface area (Å²) >= 11 is 5.61. The van der Waals surface area contributed by atoms with Crippen molar-refractivity contribution in [2.75, 3.05) is 6.07 Å². The lowest BCUT2D eigenvalue weighted by atomic mass is 9.99. The highest BCUT2D eigenvalue weighted by molar-refractivity contribution is 6.74. The van der Waals surface area contributed by atoms with Crippen molar-refractivity contribution in [3.05, 3.63) is 0 Å². The second-order valence-electron chi connectivity index (χ2n) is 4.64. The number of hydrogen-bond acceptors (Lipinski definition) is 1. The molecule has 0 N–H and O–H groups in total. The molecule has 0 fully saturated rings. The molecule has 0 bridgehead atoms. The van der Waals surface area contributed by atoms with E-state index in [1.807, 2.05) is 0 Å². The summed E-state index contributed by atoms with van der Waals surface area (Å²) < 4.78 is 5.66. The van der Waals surface area contributed by atoms with Gasteiger partial charge in [-0.15, -0.1) is 0 Å². The maximum atomic E-state index is 5.66. The van der Waals surface area contributed by atoms with Gasteiger partial charge in [-0.25, -0.2) is 0 Å². The van der Waals surface area contributed by atoms with E-state index in [-0.39, 0.29) is 5.04 Å². The largest absolute Gasteiger partial charge is 0.403 e. The molecule has 0 aliphatic rings.